The number of rotatable bonds is 4. The van der Waals surface area contributed by atoms with Gasteiger partial charge in [-0.2, -0.15) is 14.6 Å². The number of benzene rings is 2. The first kappa shape index (κ1) is 17.4. The van der Waals surface area contributed by atoms with Crippen molar-refractivity contribution in [3.8, 4) is 22.7 Å². The summed E-state index contributed by atoms with van der Waals surface area (Å²) in [4.78, 5) is 8.54. The van der Waals surface area contributed by atoms with Crippen LogP contribution in [-0.2, 0) is 0 Å². The number of halogens is 2. The second kappa shape index (κ2) is 7.06. The second-order valence-corrected chi connectivity index (χ2v) is 6.92. The van der Waals surface area contributed by atoms with Gasteiger partial charge in [0.1, 0.15) is 23.0 Å². The number of fused-ring (bicyclic) bond motifs is 1. The van der Waals surface area contributed by atoms with E-state index in [9.17, 15) is 8.78 Å². The van der Waals surface area contributed by atoms with Gasteiger partial charge in [0.2, 0.25) is 5.89 Å². The lowest BCUT2D eigenvalue weighted by Gasteiger charge is -2.05. The molecule has 0 saturated heterocycles. The Bertz CT molecular complexity index is 1320. The molecule has 0 atom stereocenters. The highest BCUT2D eigenvalue weighted by Gasteiger charge is 2.15. The highest BCUT2D eigenvalue weighted by molar-refractivity contribution is 7.99. The van der Waals surface area contributed by atoms with E-state index in [1.165, 1.54) is 46.9 Å². The summed E-state index contributed by atoms with van der Waals surface area (Å²) in [7, 11) is 0. The minimum atomic E-state index is -0.360. The maximum Gasteiger partial charge on any atom is 0.283 e. The normalized spacial score (nSPS) is 11.2. The topological polar surface area (TPSA) is 82.0 Å². The van der Waals surface area contributed by atoms with Crippen molar-refractivity contribution >= 4 is 17.5 Å². The molecule has 10 heteroatoms. The third kappa shape index (κ3) is 3.45. The van der Waals surface area contributed by atoms with Crippen molar-refractivity contribution in [1.29, 1.82) is 0 Å². The number of hydrogen-bond acceptors (Lipinski definition) is 7. The molecule has 0 N–H and O–H groups in total. The molecule has 7 nitrogen and oxygen atoms in total. The largest absolute Gasteiger partial charge is 0.411 e. The zero-order valence-corrected chi connectivity index (χ0v) is 15.3. The Morgan fingerprint density at radius 2 is 1.76 bits per heavy atom. The lowest BCUT2D eigenvalue weighted by molar-refractivity contribution is 0.465. The molecule has 0 aliphatic rings. The standard InChI is InChI=1S/C19H10F2N6OS/c20-13-6-4-11(5-7-13)17-25-26-19(28-17)29-16-9-15(12-2-1-3-14(21)8-12)24-18-22-10-23-27(16)18/h1-10H. The highest BCUT2D eigenvalue weighted by atomic mass is 32.2. The molecular weight excluding hydrogens is 398 g/mol. The Labute approximate surface area is 166 Å². The van der Waals surface area contributed by atoms with Gasteiger partial charge in [-0.25, -0.2) is 13.8 Å². The first-order valence-corrected chi connectivity index (χ1v) is 9.21. The predicted molar refractivity (Wildman–Crippen MR) is 100.0 cm³/mol. The monoisotopic (exact) mass is 408 g/mol. The van der Waals surface area contributed by atoms with E-state index in [2.05, 4.69) is 25.3 Å². The zero-order valence-electron chi connectivity index (χ0n) is 14.5. The van der Waals surface area contributed by atoms with Crippen LogP contribution in [0, 0.1) is 11.6 Å². The summed E-state index contributed by atoms with van der Waals surface area (Å²) in [6.45, 7) is 0. The van der Waals surface area contributed by atoms with Crippen molar-refractivity contribution in [1.82, 2.24) is 29.8 Å². The molecule has 142 valence electrons. The molecule has 2 aromatic carbocycles. The quantitative estimate of drug-likeness (QED) is 0.411. The van der Waals surface area contributed by atoms with Crippen LogP contribution >= 0.6 is 11.8 Å². The van der Waals surface area contributed by atoms with E-state index in [4.69, 9.17) is 4.42 Å². The SMILES string of the molecule is Fc1ccc(-c2nnc(Sc3cc(-c4cccc(F)c4)nc4ncnn34)o2)cc1. The van der Waals surface area contributed by atoms with Crippen LogP contribution in [-0.4, -0.2) is 29.8 Å². The van der Waals surface area contributed by atoms with Gasteiger partial charge in [-0.3, -0.25) is 0 Å². The Balaban J connectivity index is 1.52. The molecule has 0 unspecified atom stereocenters. The third-order valence-electron chi connectivity index (χ3n) is 4.03. The molecule has 5 rings (SSSR count). The summed E-state index contributed by atoms with van der Waals surface area (Å²) < 4.78 is 33.9. The van der Waals surface area contributed by atoms with E-state index in [-0.39, 0.29) is 22.7 Å². The number of nitrogens with zero attached hydrogens (tertiary/aromatic N) is 6. The van der Waals surface area contributed by atoms with E-state index in [1.807, 2.05) is 0 Å². The van der Waals surface area contributed by atoms with Gasteiger partial charge in [-0.1, -0.05) is 12.1 Å². The van der Waals surface area contributed by atoms with Crippen LogP contribution in [0.5, 0.6) is 0 Å². The molecule has 0 fully saturated rings. The van der Waals surface area contributed by atoms with E-state index in [0.29, 0.717) is 27.6 Å². The van der Waals surface area contributed by atoms with E-state index < -0.39 is 0 Å². The van der Waals surface area contributed by atoms with Gasteiger partial charge in [-0.15, -0.1) is 10.2 Å². The van der Waals surface area contributed by atoms with Crippen LogP contribution in [0.1, 0.15) is 0 Å². The van der Waals surface area contributed by atoms with Crippen molar-refractivity contribution in [2.75, 3.05) is 0 Å². The molecule has 0 radical (unpaired) electrons. The smallest absolute Gasteiger partial charge is 0.283 e. The van der Waals surface area contributed by atoms with Crippen LogP contribution in [0.3, 0.4) is 0 Å². The van der Waals surface area contributed by atoms with Gasteiger partial charge in [0.05, 0.1) is 5.69 Å². The average Bonchev–Trinajstić information content (AvgIpc) is 3.38. The average molecular weight is 408 g/mol. The van der Waals surface area contributed by atoms with Gasteiger partial charge in [0.25, 0.3) is 11.0 Å². The zero-order chi connectivity index (χ0) is 19.8. The Morgan fingerprint density at radius 1 is 0.897 bits per heavy atom. The molecule has 3 heterocycles. The first-order chi connectivity index (χ1) is 14.2. The van der Waals surface area contributed by atoms with Crippen molar-refractivity contribution in [3.05, 3.63) is 72.6 Å². The second-order valence-electron chi connectivity index (χ2n) is 5.94. The van der Waals surface area contributed by atoms with E-state index >= 15 is 0 Å². The van der Waals surface area contributed by atoms with Crippen molar-refractivity contribution in [3.63, 3.8) is 0 Å². The van der Waals surface area contributed by atoms with Crippen molar-refractivity contribution < 1.29 is 13.2 Å². The molecule has 0 aliphatic heterocycles. The van der Waals surface area contributed by atoms with Gasteiger partial charge < -0.3 is 4.42 Å². The summed E-state index contributed by atoms with van der Waals surface area (Å²) in [6, 6.07) is 13.6. The van der Waals surface area contributed by atoms with Gasteiger partial charge in [0, 0.05) is 11.1 Å². The third-order valence-corrected chi connectivity index (χ3v) is 4.87. The fourth-order valence-corrected chi connectivity index (χ4v) is 3.47. The summed E-state index contributed by atoms with van der Waals surface area (Å²) in [5.74, 6) is -0.0898. The first-order valence-electron chi connectivity index (χ1n) is 8.40. The maximum absolute atomic E-state index is 13.6. The molecule has 0 bridgehead atoms. The summed E-state index contributed by atoms with van der Waals surface area (Å²) in [6.07, 6.45) is 1.37. The van der Waals surface area contributed by atoms with Crippen molar-refractivity contribution in [2.45, 2.75) is 10.2 Å². The highest BCUT2D eigenvalue weighted by Crippen LogP contribution is 2.31. The number of hydrogen-bond donors (Lipinski definition) is 0. The van der Waals surface area contributed by atoms with Crippen LogP contribution < -0.4 is 0 Å². The molecule has 29 heavy (non-hydrogen) atoms. The van der Waals surface area contributed by atoms with Crippen LogP contribution in [0.2, 0.25) is 0 Å². The number of aromatic nitrogens is 6. The van der Waals surface area contributed by atoms with E-state index in [0.717, 1.165) is 0 Å². The van der Waals surface area contributed by atoms with Crippen molar-refractivity contribution in [2.24, 2.45) is 0 Å². The van der Waals surface area contributed by atoms with Crippen LogP contribution in [0.15, 0.2) is 75.6 Å². The van der Waals surface area contributed by atoms with E-state index in [1.54, 1.807) is 30.3 Å². The van der Waals surface area contributed by atoms with Gasteiger partial charge in [-0.05, 0) is 54.2 Å². The Hall–Kier alpha value is -3.66. The molecule has 3 aromatic heterocycles. The molecule has 0 spiro atoms. The fraction of sp³-hybridized carbons (Fsp3) is 0. The Kier molecular flexibility index (Phi) is 4.24. The lowest BCUT2D eigenvalue weighted by Crippen LogP contribution is -1.97. The molecule has 0 amide bonds. The van der Waals surface area contributed by atoms with Gasteiger partial charge >= 0.3 is 0 Å². The summed E-state index contributed by atoms with van der Waals surface area (Å²) in [5.41, 5.74) is 1.74. The van der Waals surface area contributed by atoms with Crippen LogP contribution in [0.4, 0.5) is 8.78 Å². The van der Waals surface area contributed by atoms with Gasteiger partial charge in [0.15, 0.2) is 0 Å². The maximum atomic E-state index is 13.6. The molecular formula is C19H10F2N6OS. The summed E-state index contributed by atoms with van der Waals surface area (Å²) in [5, 5.41) is 13.1. The molecule has 0 saturated carbocycles. The minimum absolute atomic E-state index is 0.262. The molecule has 0 aliphatic carbocycles. The minimum Gasteiger partial charge on any atom is -0.411 e. The molecule has 5 aromatic rings. The predicted octanol–water partition coefficient (Wildman–Crippen LogP) is 4.27. The Morgan fingerprint density at radius 3 is 2.59 bits per heavy atom. The fourth-order valence-electron chi connectivity index (χ4n) is 2.70. The van der Waals surface area contributed by atoms with Crippen LogP contribution in [0.25, 0.3) is 28.5 Å². The lowest BCUT2D eigenvalue weighted by atomic mass is 10.1. The summed E-state index contributed by atoms with van der Waals surface area (Å²) >= 11 is 1.17.